The van der Waals surface area contributed by atoms with Crippen LogP contribution in [0, 0.1) is 0 Å². The Hall–Kier alpha value is -0.340. The summed E-state index contributed by atoms with van der Waals surface area (Å²) in [5.41, 5.74) is 1.52. The molecule has 2 rings (SSSR count). The highest BCUT2D eigenvalue weighted by Crippen LogP contribution is 2.23. The minimum absolute atomic E-state index is 0.797. The fourth-order valence-corrected chi connectivity index (χ4v) is 2.19. The minimum Gasteiger partial charge on any atom is -0.316 e. The first kappa shape index (κ1) is 6.38. The molecule has 1 atom stereocenters. The van der Waals surface area contributed by atoms with E-state index in [2.05, 4.69) is 22.1 Å². The molecular weight excluding hydrogens is 142 g/mol. The van der Waals surface area contributed by atoms with Crippen LogP contribution in [0.3, 0.4) is 0 Å². The highest BCUT2D eigenvalue weighted by molar-refractivity contribution is 7.07. The number of nitrogens with one attached hydrogen (secondary N) is 1. The molecule has 0 radical (unpaired) electrons. The van der Waals surface area contributed by atoms with E-state index in [0.29, 0.717) is 0 Å². The lowest BCUT2D eigenvalue weighted by molar-refractivity contribution is 0.767. The standard InChI is InChI=1S/C8H11NS/c1-3-9-5-7(1)8-2-4-10-6-8/h2,4,6-7,9H,1,3,5H2/t7-/m1/s1. The predicted octanol–water partition coefficient (Wildman–Crippen LogP) is 1.82. The molecule has 1 N–H and O–H groups in total. The summed E-state index contributed by atoms with van der Waals surface area (Å²) >= 11 is 1.80. The lowest BCUT2D eigenvalue weighted by Gasteiger charge is -2.02. The fraction of sp³-hybridized carbons (Fsp3) is 0.500. The SMILES string of the molecule is c1cc([C@@H]2CCNC2)cs1. The predicted molar refractivity (Wildman–Crippen MR) is 44.5 cm³/mol. The molecule has 10 heavy (non-hydrogen) atoms. The van der Waals surface area contributed by atoms with E-state index in [1.807, 2.05) is 0 Å². The Balaban J connectivity index is 2.12. The Labute approximate surface area is 65.1 Å². The van der Waals surface area contributed by atoms with Crippen LogP contribution in [-0.2, 0) is 0 Å². The minimum atomic E-state index is 0.797. The zero-order chi connectivity index (χ0) is 6.81. The molecule has 1 nitrogen and oxygen atoms in total. The Morgan fingerprint density at radius 3 is 3.20 bits per heavy atom. The Kier molecular flexibility index (Phi) is 1.74. The quantitative estimate of drug-likeness (QED) is 0.649. The largest absolute Gasteiger partial charge is 0.316 e. The molecule has 2 heteroatoms. The van der Waals surface area contributed by atoms with Crippen molar-refractivity contribution in [3.05, 3.63) is 22.4 Å². The van der Waals surface area contributed by atoms with E-state index < -0.39 is 0 Å². The smallest absolute Gasteiger partial charge is 0.00209 e. The molecule has 1 aromatic rings. The van der Waals surface area contributed by atoms with Crippen LogP contribution in [0.5, 0.6) is 0 Å². The van der Waals surface area contributed by atoms with E-state index in [4.69, 9.17) is 0 Å². The molecule has 0 saturated carbocycles. The molecular formula is C8H11NS. The first-order valence-corrected chi connectivity index (χ1v) is 4.64. The molecule has 2 heterocycles. The van der Waals surface area contributed by atoms with E-state index in [9.17, 15) is 0 Å². The number of hydrogen-bond acceptors (Lipinski definition) is 2. The average molecular weight is 153 g/mol. The van der Waals surface area contributed by atoms with Crippen molar-refractivity contribution in [1.29, 1.82) is 0 Å². The molecule has 0 aromatic carbocycles. The lowest BCUT2D eigenvalue weighted by atomic mass is 10.0. The van der Waals surface area contributed by atoms with Gasteiger partial charge in [-0.2, -0.15) is 11.3 Å². The van der Waals surface area contributed by atoms with Crippen molar-refractivity contribution in [2.45, 2.75) is 12.3 Å². The van der Waals surface area contributed by atoms with Gasteiger partial charge in [-0.05, 0) is 41.3 Å². The van der Waals surface area contributed by atoms with Gasteiger partial charge in [0, 0.05) is 6.54 Å². The van der Waals surface area contributed by atoms with Gasteiger partial charge in [-0.1, -0.05) is 0 Å². The second-order valence-corrected chi connectivity index (χ2v) is 3.53. The Morgan fingerprint density at radius 2 is 2.60 bits per heavy atom. The maximum atomic E-state index is 3.37. The summed E-state index contributed by atoms with van der Waals surface area (Å²) in [6.45, 7) is 2.37. The highest BCUT2D eigenvalue weighted by Gasteiger charge is 2.15. The van der Waals surface area contributed by atoms with E-state index in [1.54, 1.807) is 11.3 Å². The van der Waals surface area contributed by atoms with Gasteiger partial charge in [0.2, 0.25) is 0 Å². The highest BCUT2D eigenvalue weighted by atomic mass is 32.1. The summed E-state index contributed by atoms with van der Waals surface area (Å²) in [5.74, 6) is 0.797. The van der Waals surface area contributed by atoms with Crippen molar-refractivity contribution >= 4 is 11.3 Å². The van der Waals surface area contributed by atoms with Crippen LogP contribution < -0.4 is 5.32 Å². The first-order valence-electron chi connectivity index (χ1n) is 3.69. The third kappa shape index (κ3) is 1.09. The van der Waals surface area contributed by atoms with Crippen LogP contribution >= 0.6 is 11.3 Å². The topological polar surface area (TPSA) is 12.0 Å². The molecule has 0 spiro atoms. The van der Waals surface area contributed by atoms with Gasteiger partial charge in [0.15, 0.2) is 0 Å². The van der Waals surface area contributed by atoms with Crippen molar-refractivity contribution in [3.63, 3.8) is 0 Å². The molecule has 1 fully saturated rings. The van der Waals surface area contributed by atoms with Crippen LogP contribution in [0.4, 0.5) is 0 Å². The van der Waals surface area contributed by atoms with E-state index in [-0.39, 0.29) is 0 Å². The normalized spacial score (nSPS) is 25.4. The summed E-state index contributed by atoms with van der Waals surface area (Å²) < 4.78 is 0. The zero-order valence-corrected chi connectivity index (χ0v) is 6.66. The summed E-state index contributed by atoms with van der Waals surface area (Å²) in [6.07, 6.45) is 1.32. The molecule has 0 aliphatic carbocycles. The van der Waals surface area contributed by atoms with Gasteiger partial charge in [0.05, 0.1) is 0 Å². The molecule has 1 aliphatic heterocycles. The number of hydrogen-bond donors (Lipinski definition) is 1. The van der Waals surface area contributed by atoms with Crippen LogP contribution in [0.1, 0.15) is 17.9 Å². The van der Waals surface area contributed by atoms with Gasteiger partial charge >= 0.3 is 0 Å². The van der Waals surface area contributed by atoms with Gasteiger partial charge in [0.25, 0.3) is 0 Å². The fourth-order valence-electron chi connectivity index (χ4n) is 1.45. The van der Waals surface area contributed by atoms with Gasteiger partial charge < -0.3 is 5.32 Å². The zero-order valence-electron chi connectivity index (χ0n) is 5.84. The average Bonchev–Trinajstić information content (AvgIpc) is 2.59. The van der Waals surface area contributed by atoms with Crippen LogP contribution in [-0.4, -0.2) is 13.1 Å². The second kappa shape index (κ2) is 2.72. The van der Waals surface area contributed by atoms with E-state index >= 15 is 0 Å². The molecule has 0 bridgehead atoms. The molecule has 1 aliphatic rings. The maximum Gasteiger partial charge on any atom is 0.00209 e. The summed E-state index contributed by atoms with van der Waals surface area (Å²) in [4.78, 5) is 0. The third-order valence-electron chi connectivity index (χ3n) is 2.07. The third-order valence-corrected chi connectivity index (χ3v) is 2.78. The molecule has 0 amide bonds. The summed E-state index contributed by atoms with van der Waals surface area (Å²) in [6, 6.07) is 2.24. The molecule has 1 aromatic heterocycles. The monoisotopic (exact) mass is 153 g/mol. The van der Waals surface area contributed by atoms with Gasteiger partial charge in [-0.25, -0.2) is 0 Å². The van der Waals surface area contributed by atoms with Crippen molar-refractivity contribution in [2.75, 3.05) is 13.1 Å². The van der Waals surface area contributed by atoms with Crippen LogP contribution in [0.2, 0.25) is 0 Å². The molecule has 0 unspecified atom stereocenters. The Bertz CT molecular complexity index is 187. The van der Waals surface area contributed by atoms with Gasteiger partial charge in [-0.3, -0.25) is 0 Å². The van der Waals surface area contributed by atoms with E-state index in [0.717, 1.165) is 5.92 Å². The van der Waals surface area contributed by atoms with Crippen LogP contribution in [0.25, 0.3) is 0 Å². The van der Waals surface area contributed by atoms with Gasteiger partial charge in [-0.15, -0.1) is 0 Å². The summed E-state index contributed by atoms with van der Waals surface area (Å²) in [5, 5.41) is 7.79. The van der Waals surface area contributed by atoms with Crippen LogP contribution in [0.15, 0.2) is 16.8 Å². The first-order chi connectivity index (χ1) is 4.97. The van der Waals surface area contributed by atoms with Crippen molar-refractivity contribution in [3.8, 4) is 0 Å². The van der Waals surface area contributed by atoms with Crippen molar-refractivity contribution in [1.82, 2.24) is 5.32 Å². The van der Waals surface area contributed by atoms with Gasteiger partial charge in [0.1, 0.15) is 0 Å². The Morgan fingerprint density at radius 1 is 1.60 bits per heavy atom. The lowest BCUT2D eigenvalue weighted by Crippen LogP contribution is -2.07. The second-order valence-electron chi connectivity index (χ2n) is 2.75. The molecule has 54 valence electrons. The van der Waals surface area contributed by atoms with E-state index in [1.165, 1.54) is 25.1 Å². The van der Waals surface area contributed by atoms with Crippen molar-refractivity contribution < 1.29 is 0 Å². The maximum absolute atomic E-state index is 3.37. The van der Waals surface area contributed by atoms with Crippen molar-refractivity contribution in [2.24, 2.45) is 0 Å². The molecule has 1 saturated heterocycles. The summed E-state index contributed by atoms with van der Waals surface area (Å²) in [7, 11) is 0. The number of thiophene rings is 1. The number of rotatable bonds is 1.